The highest BCUT2D eigenvalue weighted by molar-refractivity contribution is 7.09. The molecule has 0 atom stereocenters. The van der Waals surface area contributed by atoms with Crippen molar-refractivity contribution in [2.75, 3.05) is 25.1 Å². The quantitative estimate of drug-likeness (QED) is 0.702. The Bertz CT molecular complexity index is 975. The van der Waals surface area contributed by atoms with Crippen LogP contribution in [0, 0.1) is 12.8 Å². The van der Waals surface area contributed by atoms with Gasteiger partial charge in [-0.1, -0.05) is 0 Å². The lowest BCUT2D eigenvalue weighted by Gasteiger charge is -2.31. The van der Waals surface area contributed by atoms with E-state index in [4.69, 9.17) is 4.74 Å². The summed E-state index contributed by atoms with van der Waals surface area (Å²) in [5.74, 6) is 2.01. The first-order valence-electron chi connectivity index (χ1n) is 8.72. The highest BCUT2D eigenvalue weighted by atomic mass is 32.1. The molecule has 4 rings (SSSR count). The van der Waals surface area contributed by atoms with Crippen LogP contribution in [0.5, 0.6) is 5.75 Å². The third-order valence-electron chi connectivity index (χ3n) is 4.89. The van der Waals surface area contributed by atoms with Crippen molar-refractivity contribution in [3.05, 3.63) is 40.7 Å². The average Bonchev–Trinajstić information content (AvgIpc) is 3.10. The van der Waals surface area contributed by atoms with Gasteiger partial charge in [0.25, 0.3) is 5.56 Å². The highest BCUT2D eigenvalue weighted by Gasteiger charge is 2.22. The number of methoxy groups -OCH3 is 1. The largest absolute Gasteiger partial charge is 0.497 e. The summed E-state index contributed by atoms with van der Waals surface area (Å²) in [4.78, 5) is 23.9. The van der Waals surface area contributed by atoms with Gasteiger partial charge < -0.3 is 9.64 Å². The van der Waals surface area contributed by atoms with Gasteiger partial charge in [0.1, 0.15) is 11.6 Å². The lowest BCUT2D eigenvalue weighted by molar-refractivity contribution is 0.352. The molecule has 3 heterocycles. The number of rotatable bonds is 4. The van der Waals surface area contributed by atoms with Crippen LogP contribution in [0.4, 0.5) is 5.13 Å². The summed E-state index contributed by atoms with van der Waals surface area (Å²) in [5.41, 5.74) is 0.687. The van der Waals surface area contributed by atoms with Gasteiger partial charge in [-0.05, 0) is 37.8 Å². The van der Waals surface area contributed by atoms with Crippen molar-refractivity contribution in [1.29, 1.82) is 0 Å². The summed E-state index contributed by atoms with van der Waals surface area (Å²) in [6, 6.07) is 5.39. The zero-order valence-electron chi connectivity index (χ0n) is 14.9. The Morgan fingerprint density at radius 2 is 2.12 bits per heavy atom. The van der Waals surface area contributed by atoms with Crippen LogP contribution in [0.1, 0.15) is 18.7 Å². The summed E-state index contributed by atoms with van der Waals surface area (Å²) in [6.45, 7) is 4.52. The highest BCUT2D eigenvalue weighted by Crippen LogP contribution is 2.25. The molecule has 1 aliphatic rings. The second-order valence-corrected chi connectivity index (χ2v) is 7.37. The van der Waals surface area contributed by atoms with Crippen LogP contribution in [-0.4, -0.2) is 39.1 Å². The predicted octanol–water partition coefficient (Wildman–Crippen LogP) is 2.48. The van der Waals surface area contributed by atoms with Crippen molar-refractivity contribution >= 4 is 27.6 Å². The van der Waals surface area contributed by atoms with Crippen molar-refractivity contribution < 1.29 is 4.74 Å². The van der Waals surface area contributed by atoms with E-state index in [0.717, 1.165) is 36.9 Å². The SMILES string of the molecule is COc1ccc2c(=O)n(CC3CCN(c4nc(C)ns4)CC3)cnc2c1. The van der Waals surface area contributed by atoms with Crippen molar-refractivity contribution in [3.8, 4) is 5.75 Å². The Balaban J connectivity index is 1.46. The van der Waals surface area contributed by atoms with Crippen LogP contribution in [0.3, 0.4) is 0 Å². The fourth-order valence-corrected chi connectivity index (χ4v) is 4.12. The fourth-order valence-electron chi connectivity index (χ4n) is 3.39. The van der Waals surface area contributed by atoms with Gasteiger partial charge in [0.05, 0.1) is 24.3 Å². The second kappa shape index (κ2) is 7.03. The molecule has 1 aliphatic heterocycles. The van der Waals surface area contributed by atoms with Gasteiger partial charge >= 0.3 is 0 Å². The summed E-state index contributed by atoms with van der Waals surface area (Å²) in [7, 11) is 1.61. The summed E-state index contributed by atoms with van der Waals surface area (Å²) in [5, 5.41) is 1.63. The number of benzene rings is 1. The van der Waals surface area contributed by atoms with Gasteiger partial charge in [0, 0.05) is 37.2 Å². The van der Waals surface area contributed by atoms with E-state index in [-0.39, 0.29) is 5.56 Å². The number of hydrogen-bond donors (Lipinski definition) is 0. The molecule has 0 bridgehead atoms. The number of anilines is 1. The van der Waals surface area contributed by atoms with Crippen molar-refractivity contribution in [2.24, 2.45) is 5.92 Å². The maximum atomic E-state index is 12.7. The lowest BCUT2D eigenvalue weighted by Crippen LogP contribution is -2.36. The molecule has 0 radical (unpaired) electrons. The van der Waals surface area contributed by atoms with Gasteiger partial charge in [0.15, 0.2) is 0 Å². The number of nitrogens with zero attached hydrogens (tertiary/aromatic N) is 5. The van der Waals surface area contributed by atoms with Gasteiger partial charge in [-0.15, -0.1) is 0 Å². The Labute approximate surface area is 155 Å². The second-order valence-electron chi connectivity index (χ2n) is 6.64. The molecule has 0 N–H and O–H groups in total. The molecule has 0 saturated carbocycles. The maximum absolute atomic E-state index is 12.7. The van der Waals surface area contributed by atoms with E-state index in [0.29, 0.717) is 29.1 Å². The minimum Gasteiger partial charge on any atom is -0.497 e. The first kappa shape index (κ1) is 17.0. The van der Waals surface area contributed by atoms with Crippen LogP contribution in [-0.2, 0) is 6.54 Å². The van der Waals surface area contributed by atoms with E-state index in [1.165, 1.54) is 11.5 Å². The van der Waals surface area contributed by atoms with Crippen LogP contribution in [0.15, 0.2) is 29.3 Å². The molecule has 0 aliphatic carbocycles. The Hall–Kier alpha value is -2.48. The third-order valence-corrected chi connectivity index (χ3v) is 5.76. The monoisotopic (exact) mass is 371 g/mol. The fraction of sp³-hybridized carbons (Fsp3) is 0.444. The molecule has 0 spiro atoms. The summed E-state index contributed by atoms with van der Waals surface area (Å²) < 4.78 is 11.2. The molecule has 0 unspecified atom stereocenters. The molecule has 7 nitrogen and oxygen atoms in total. The van der Waals surface area contributed by atoms with E-state index in [1.807, 2.05) is 6.92 Å². The zero-order chi connectivity index (χ0) is 18.1. The number of hydrogen-bond acceptors (Lipinski definition) is 7. The molecule has 26 heavy (non-hydrogen) atoms. The first-order chi connectivity index (χ1) is 12.6. The van der Waals surface area contributed by atoms with Crippen molar-refractivity contribution in [3.63, 3.8) is 0 Å². The van der Waals surface area contributed by atoms with Crippen molar-refractivity contribution in [2.45, 2.75) is 26.3 Å². The first-order valence-corrected chi connectivity index (χ1v) is 9.50. The Morgan fingerprint density at radius 1 is 1.31 bits per heavy atom. The number of aryl methyl sites for hydroxylation is 1. The maximum Gasteiger partial charge on any atom is 0.261 e. The van der Waals surface area contributed by atoms with E-state index in [1.54, 1.807) is 36.2 Å². The van der Waals surface area contributed by atoms with Crippen LogP contribution in [0.25, 0.3) is 10.9 Å². The van der Waals surface area contributed by atoms with E-state index in [2.05, 4.69) is 19.2 Å². The molecule has 136 valence electrons. The number of fused-ring (bicyclic) bond motifs is 1. The Kier molecular flexibility index (Phi) is 4.58. The van der Waals surface area contributed by atoms with Gasteiger partial charge in [0.2, 0.25) is 5.13 Å². The topological polar surface area (TPSA) is 73.1 Å². The van der Waals surface area contributed by atoms with Crippen LogP contribution in [0.2, 0.25) is 0 Å². The molecule has 1 fully saturated rings. The molecule has 1 aromatic carbocycles. The predicted molar refractivity (Wildman–Crippen MR) is 102 cm³/mol. The van der Waals surface area contributed by atoms with Crippen LogP contribution >= 0.6 is 11.5 Å². The van der Waals surface area contributed by atoms with Gasteiger partial charge in [-0.3, -0.25) is 9.36 Å². The molecule has 3 aromatic rings. The average molecular weight is 371 g/mol. The van der Waals surface area contributed by atoms with Crippen LogP contribution < -0.4 is 15.2 Å². The smallest absolute Gasteiger partial charge is 0.261 e. The minimum atomic E-state index is 0.0137. The minimum absolute atomic E-state index is 0.0137. The summed E-state index contributed by atoms with van der Waals surface area (Å²) in [6.07, 6.45) is 3.72. The standard InChI is InChI=1S/C18H21N5O2S/c1-12-20-18(26-21-12)22-7-5-13(6-8-22)10-23-11-19-16-9-14(25-2)3-4-15(16)17(23)24/h3-4,9,11,13H,5-8,10H2,1-2H3. The Morgan fingerprint density at radius 3 is 2.81 bits per heavy atom. The molecule has 2 aromatic heterocycles. The van der Waals surface area contributed by atoms with E-state index >= 15 is 0 Å². The van der Waals surface area contributed by atoms with E-state index in [9.17, 15) is 4.79 Å². The van der Waals surface area contributed by atoms with Crippen molar-refractivity contribution in [1.82, 2.24) is 18.9 Å². The molecular formula is C18H21N5O2S. The normalized spacial score (nSPS) is 15.5. The number of aromatic nitrogens is 4. The van der Waals surface area contributed by atoms with Gasteiger partial charge in [-0.2, -0.15) is 4.37 Å². The number of piperidine rings is 1. The zero-order valence-corrected chi connectivity index (χ0v) is 15.7. The molecular weight excluding hydrogens is 350 g/mol. The van der Waals surface area contributed by atoms with E-state index < -0.39 is 0 Å². The number of ether oxygens (including phenoxy) is 1. The van der Waals surface area contributed by atoms with Gasteiger partial charge in [-0.25, -0.2) is 9.97 Å². The molecule has 8 heteroatoms. The molecule has 1 saturated heterocycles. The third kappa shape index (κ3) is 3.29. The lowest BCUT2D eigenvalue weighted by atomic mass is 9.97. The summed E-state index contributed by atoms with van der Waals surface area (Å²) >= 11 is 1.46. The molecule has 0 amide bonds.